The number of aromatic nitrogens is 1. The number of thiophene rings is 1. The average molecular weight is 291 g/mol. The number of nitrogens with zero attached hydrogens (tertiary/aromatic N) is 2. The lowest BCUT2D eigenvalue weighted by Gasteiger charge is -2.31. The minimum Gasteiger partial charge on any atom is -0.444 e. The zero-order valence-electron chi connectivity index (χ0n) is 11.6. The molecule has 0 radical (unpaired) electrons. The fourth-order valence-corrected chi connectivity index (χ4v) is 3.45. The summed E-state index contributed by atoms with van der Waals surface area (Å²) in [6, 6.07) is 4.06. The Bertz CT molecular complexity index is 515. The highest BCUT2D eigenvalue weighted by molar-refractivity contribution is 7.13. The highest BCUT2D eigenvalue weighted by atomic mass is 32.1. The van der Waals surface area contributed by atoms with Gasteiger partial charge in [-0.25, -0.2) is 4.98 Å². The lowest BCUT2D eigenvalue weighted by Crippen LogP contribution is -2.33. The van der Waals surface area contributed by atoms with E-state index in [1.807, 2.05) is 17.5 Å². The molecule has 4 nitrogen and oxygen atoms in total. The number of rotatable bonds is 5. The van der Waals surface area contributed by atoms with Crippen molar-refractivity contribution in [2.24, 2.45) is 11.7 Å². The second-order valence-electron chi connectivity index (χ2n) is 5.42. The van der Waals surface area contributed by atoms with Crippen molar-refractivity contribution in [3.63, 3.8) is 0 Å². The molecule has 1 saturated heterocycles. The molecule has 1 aliphatic heterocycles. The van der Waals surface area contributed by atoms with Crippen molar-refractivity contribution in [2.45, 2.75) is 25.8 Å². The second kappa shape index (κ2) is 6.52. The van der Waals surface area contributed by atoms with E-state index < -0.39 is 0 Å². The molecule has 0 unspecified atom stereocenters. The van der Waals surface area contributed by atoms with Gasteiger partial charge >= 0.3 is 0 Å². The van der Waals surface area contributed by atoms with Gasteiger partial charge in [0.1, 0.15) is 6.26 Å². The standard InChI is InChI=1S/C15H21N3OS/c16-6-3-12-4-7-18(8-5-12)10-13-11-19-15(17-13)14-2-1-9-20-14/h1-2,9,11-12H,3-8,10,16H2. The quantitative estimate of drug-likeness (QED) is 0.920. The summed E-state index contributed by atoms with van der Waals surface area (Å²) in [5.74, 6) is 1.56. The third-order valence-electron chi connectivity index (χ3n) is 3.95. The van der Waals surface area contributed by atoms with Crippen LogP contribution in [0.3, 0.4) is 0 Å². The van der Waals surface area contributed by atoms with Gasteiger partial charge in [0.15, 0.2) is 0 Å². The van der Waals surface area contributed by atoms with E-state index in [-0.39, 0.29) is 0 Å². The van der Waals surface area contributed by atoms with Gasteiger partial charge in [-0.1, -0.05) is 6.07 Å². The molecule has 2 aromatic heterocycles. The molecule has 1 fully saturated rings. The van der Waals surface area contributed by atoms with E-state index in [2.05, 4.69) is 9.88 Å². The van der Waals surface area contributed by atoms with Crippen LogP contribution in [0.5, 0.6) is 0 Å². The highest BCUT2D eigenvalue weighted by Gasteiger charge is 2.19. The minimum atomic E-state index is 0.744. The van der Waals surface area contributed by atoms with Gasteiger partial charge in [-0.2, -0.15) is 0 Å². The lowest BCUT2D eigenvalue weighted by molar-refractivity contribution is 0.172. The van der Waals surface area contributed by atoms with E-state index in [0.717, 1.165) is 48.6 Å². The Morgan fingerprint density at radius 1 is 1.40 bits per heavy atom. The molecule has 108 valence electrons. The van der Waals surface area contributed by atoms with Gasteiger partial charge < -0.3 is 10.2 Å². The van der Waals surface area contributed by atoms with Crippen molar-refractivity contribution < 1.29 is 4.42 Å². The number of hydrogen-bond donors (Lipinski definition) is 1. The Hall–Kier alpha value is -1.17. The lowest BCUT2D eigenvalue weighted by atomic mass is 9.93. The first-order valence-corrected chi connectivity index (χ1v) is 8.14. The van der Waals surface area contributed by atoms with Crippen LogP contribution in [0.25, 0.3) is 10.8 Å². The van der Waals surface area contributed by atoms with Gasteiger partial charge in [0.05, 0.1) is 10.6 Å². The zero-order chi connectivity index (χ0) is 13.8. The molecule has 0 spiro atoms. The smallest absolute Gasteiger partial charge is 0.236 e. The van der Waals surface area contributed by atoms with Crippen LogP contribution in [0.2, 0.25) is 0 Å². The topological polar surface area (TPSA) is 55.3 Å². The minimum absolute atomic E-state index is 0.744. The van der Waals surface area contributed by atoms with Crippen LogP contribution in [0.15, 0.2) is 28.2 Å². The highest BCUT2D eigenvalue weighted by Crippen LogP contribution is 2.25. The van der Waals surface area contributed by atoms with Crippen molar-refractivity contribution in [2.75, 3.05) is 19.6 Å². The SMILES string of the molecule is NCCC1CCN(Cc2coc(-c3cccs3)n2)CC1. The summed E-state index contributed by atoms with van der Waals surface area (Å²) in [4.78, 5) is 8.14. The number of piperidine rings is 1. The van der Waals surface area contributed by atoms with Gasteiger partial charge in [-0.3, -0.25) is 4.90 Å². The van der Waals surface area contributed by atoms with Crippen LogP contribution in [-0.2, 0) is 6.54 Å². The van der Waals surface area contributed by atoms with Gasteiger partial charge in [0, 0.05) is 6.54 Å². The molecule has 2 aromatic rings. The van der Waals surface area contributed by atoms with Crippen LogP contribution in [0, 0.1) is 5.92 Å². The number of hydrogen-bond acceptors (Lipinski definition) is 5. The van der Waals surface area contributed by atoms with E-state index >= 15 is 0 Å². The summed E-state index contributed by atoms with van der Waals surface area (Å²) >= 11 is 1.66. The molecular formula is C15H21N3OS. The number of likely N-dealkylation sites (tertiary alicyclic amines) is 1. The maximum Gasteiger partial charge on any atom is 0.236 e. The van der Waals surface area contributed by atoms with Crippen molar-refractivity contribution in [3.8, 4) is 10.8 Å². The number of nitrogens with two attached hydrogens (primary N) is 1. The molecule has 3 rings (SSSR count). The van der Waals surface area contributed by atoms with Crippen LogP contribution in [0.4, 0.5) is 0 Å². The van der Waals surface area contributed by atoms with E-state index in [1.165, 1.54) is 19.3 Å². The summed E-state index contributed by atoms with van der Waals surface area (Å²) in [6.45, 7) is 4.00. The fraction of sp³-hybridized carbons (Fsp3) is 0.533. The predicted octanol–water partition coefficient (Wildman–Crippen LogP) is 2.96. The van der Waals surface area contributed by atoms with Crippen LogP contribution in [0.1, 0.15) is 25.0 Å². The van der Waals surface area contributed by atoms with Crippen molar-refractivity contribution >= 4 is 11.3 Å². The molecule has 0 saturated carbocycles. The Labute approximate surface area is 123 Å². The van der Waals surface area contributed by atoms with Crippen LogP contribution < -0.4 is 5.73 Å². The summed E-state index contributed by atoms with van der Waals surface area (Å²) in [7, 11) is 0. The Morgan fingerprint density at radius 2 is 2.25 bits per heavy atom. The monoisotopic (exact) mass is 291 g/mol. The Balaban J connectivity index is 1.54. The first-order chi connectivity index (χ1) is 9.85. The van der Waals surface area contributed by atoms with E-state index in [1.54, 1.807) is 17.6 Å². The molecule has 2 N–H and O–H groups in total. The maximum atomic E-state index is 5.63. The van der Waals surface area contributed by atoms with Gasteiger partial charge in [-0.05, 0) is 56.3 Å². The fourth-order valence-electron chi connectivity index (χ4n) is 2.79. The molecule has 0 bridgehead atoms. The van der Waals surface area contributed by atoms with Crippen LogP contribution >= 0.6 is 11.3 Å². The van der Waals surface area contributed by atoms with E-state index in [9.17, 15) is 0 Å². The Kier molecular flexibility index (Phi) is 4.50. The zero-order valence-corrected chi connectivity index (χ0v) is 12.4. The average Bonchev–Trinajstić information content (AvgIpc) is 3.12. The summed E-state index contributed by atoms with van der Waals surface area (Å²) in [5, 5.41) is 2.04. The normalized spacial score (nSPS) is 17.6. The molecule has 5 heteroatoms. The Morgan fingerprint density at radius 3 is 2.95 bits per heavy atom. The van der Waals surface area contributed by atoms with E-state index in [4.69, 9.17) is 10.2 Å². The molecule has 0 aromatic carbocycles. The van der Waals surface area contributed by atoms with Crippen molar-refractivity contribution in [1.29, 1.82) is 0 Å². The predicted molar refractivity (Wildman–Crippen MR) is 81.5 cm³/mol. The molecule has 20 heavy (non-hydrogen) atoms. The first kappa shape index (κ1) is 13.8. The maximum absolute atomic E-state index is 5.63. The van der Waals surface area contributed by atoms with Crippen LogP contribution in [-0.4, -0.2) is 29.5 Å². The molecule has 3 heterocycles. The van der Waals surface area contributed by atoms with Crippen molar-refractivity contribution in [1.82, 2.24) is 9.88 Å². The molecular weight excluding hydrogens is 270 g/mol. The molecule has 1 aliphatic rings. The summed E-state index contributed by atoms with van der Waals surface area (Å²) in [5.41, 5.74) is 6.66. The largest absolute Gasteiger partial charge is 0.444 e. The third kappa shape index (κ3) is 3.29. The second-order valence-corrected chi connectivity index (χ2v) is 6.37. The number of oxazole rings is 1. The third-order valence-corrected chi connectivity index (χ3v) is 4.81. The van der Waals surface area contributed by atoms with Gasteiger partial charge in [0.2, 0.25) is 5.89 Å². The molecule has 0 amide bonds. The first-order valence-electron chi connectivity index (χ1n) is 7.26. The summed E-state index contributed by atoms with van der Waals surface area (Å²) < 4.78 is 5.57. The molecule has 0 atom stereocenters. The van der Waals surface area contributed by atoms with Crippen molar-refractivity contribution in [3.05, 3.63) is 29.5 Å². The van der Waals surface area contributed by atoms with Gasteiger partial charge in [0.25, 0.3) is 0 Å². The summed E-state index contributed by atoms with van der Waals surface area (Å²) in [6.07, 6.45) is 5.47. The van der Waals surface area contributed by atoms with Gasteiger partial charge in [-0.15, -0.1) is 11.3 Å². The van der Waals surface area contributed by atoms with E-state index in [0.29, 0.717) is 0 Å². The molecule has 0 aliphatic carbocycles.